The van der Waals surface area contributed by atoms with Crippen molar-refractivity contribution in [2.24, 2.45) is 0 Å². The fourth-order valence-corrected chi connectivity index (χ4v) is 4.32. The topological polar surface area (TPSA) is 134 Å². The Morgan fingerprint density at radius 3 is 2.37 bits per heavy atom. The standard InChI is InChI=1S/C27H35F2N7O5/c1-35-7-9-36(10-8-35)26(37)19(30)12-22(33-23-6-4-5-11-40-23)34-27-31-14-17(15-32-27)41-16-18-24(28)20(38-2)13-21(39-3)25(18)29/h12-15,23,30,33H,4-11,16H2,1-3H3,(H,31,32,34)/b22-12+,30-19?. The molecule has 41 heavy (non-hydrogen) atoms. The van der Waals surface area contributed by atoms with Gasteiger partial charge < -0.3 is 39.4 Å². The van der Waals surface area contributed by atoms with Crippen molar-refractivity contribution in [2.45, 2.75) is 32.1 Å². The SMILES string of the molecule is COc1cc(OC)c(F)c(COc2cnc(N/C(=C/C(=N)C(=O)N3CCN(C)CC3)NC3CCCCO3)nc2)c1F. The van der Waals surface area contributed by atoms with Crippen LogP contribution in [0.2, 0.25) is 0 Å². The first-order valence-corrected chi connectivity index (χ1v) is 13.3. The number of nitrogens with zero attached hydrogens (tertiary/aromatic N) is 4. The zero-order chi connectivity index (χ0) is 29.4. The number of hydrogen-bond acceptors (Lipinski definition) is 11. The Morgan fingerprint density at radius 2 is 1.78 bits per heavy atom. The summed E-state index contributed by atoms with van der Waals surface area (Å²) in [6, 6.07) is 1.12. The van der Waals surface area contributed by atoms with Gasteiger partial charge in [-0.2, -0.15) is 0 Å². The molecule has 0 aliphatic carbocycles. The van der Waals surface area contributed by atoms with E-state index in [2.05, 4.69) is 25.5 Å². The molecule has 2 fully saturated rings. The molecule has 1 atom stereocenters. The summed E-state index contributed by atoms with van der Waals surface area (Å²) in [5, 5.41) is 14.6. The number of amides is 1. The summed E-state index contributed by atoms with van der Waals surface area (Å²) >= 11 is 0. The van der Waals surface area contributed by atoms with E-state index in [1.165, 1.54) is 32.7 Å². The number of nitrogens with one attached hydrogen (secondary N) is 3. The molecule has 1 aromatic heterocycles. The summed E-state index contributed by atoms with van der Waals surface area (Å²) < 4.78 is 50.5. The van der Waals surface area contributed by atoms with E-state index in [4.69, 9.17) is 24.4 Å². The van der Waals surface area contributed by atoms with Crippen LogP contribution in [0.15, 0.2) is 30.4 Å². The van der Waals surface area contributed by atoms with Gasteiger partial charge in [0.05, 0.1) is 32.2 Å². The van der Waals surface area contributed by atoms with Crippen LogP contribution >= 0.6 is 0 Å². The highest BCUT2D eigenvalue weighted by molar-refractivity contribution is 6.42. The molecule has 3 N–H and O–H groups in total. The zero-order valence-corrected chi connectivity index (χ0v) is 23.3. The number of ether oxygens (including phenoxy) is 4. The molecular weight excluding hydrogens is 540 g/mol. The third-order valence-electron chi connectivity index (χ3n) is 6.73. The van der Waals surface area contributed by atoms with Crippen LogP contribution < -0.4 is 24.8 Å². The number of likely N-dealkylation sites (N-methyl/N-ethyl adjacent to an activating group) is 1. The van der Waals surface area contributed by atoms with E-state index in [1.807, 2.05) is 7.05 Å². The van der Waals surface area contributed by atoms with Crippen molar-refractivity contribution in [3.05, 3.63) is 47.6 Å². The maximum Gasteiger partial charge on any atom is 0.271 e. The number of anilines is 1. The van der Waals surface area contributed by atoms with Gasteiger partial charge in [0.25, 0.3) is 5.91 Å². The number of hydrogen-bond donors (Lipinski definition) is 3. The predicted octanol–water partition coefficient (Wildman–Crippen LogP) is 2.51. The molecule has 2 aromatic rings. The number of carbonyl (C=O) groups excluding carboxylic acids is 1. The summed E-state index contributed by atoms with van der Waals surface area (Å²) in [6.45, 7) is 2.73. The van der Waals surface area contributed by atoms with Gasteiger partial charge in [-0.15, -0.1) is 0 Å². The number of aromatic nitrogens is 2. The van der Waals surface area contributed by atoms with Crippen LogP contribution in [0, 0.1) is 17.0 Å². The first-order valence-electron chi connectivity index (χ1n) is 13.3. The van der Waals surface area contributed by atoms with E-state index < -0.39 is 18.2 Å². The second kappa shape index (κ2) is 14.0. The Bertz CT molecular complexity index is 1220. The molecule has 222 valence electrons. The van der Waals surface area contributed by atoms with Crippen molar-refractivity contribution in [2.75, 3.05) is 59.4 Å². The monoisotopic (exact) mass is 575 g/mol. The molecule has 2 saturated heterocycles. The Morgan fingerprint density at radius 1 is 1.12 bits per heavy atom. The van der Waals surface area contributed by atoms with Crippen molar-refractivity contribution < 1.29 is 32.5 Å². The van der Waals surface area contributed by atoms with Gasteiger partial charge >= 0.3 is 0 Å². The van der Waals surface area contributed by atoms with Crippen molar-refractivity contribution in [1.82, 2.24) is 25.1 Å². The van der Waals surface area contributed by atoms with Gasteiger partial charge in [-0.05, 0) is 26.3 Å². The molecule has 12 nitrogen and oxygen atoms in total. The Balaban J connectivity index is 1.45. The molecule has 4 rings (SSSR count). The number of benzene rings is 1. The van der Waals surface area contributed by atoms with Crippen molar-refractivity contribution >= 4 is 17.6 Å². The number of methoxy groups -OCH3 is 2. The van der Waals surface area contributed by atoms with Crippen LogP contribution in [0.25, 0.3) is 0 Å². The number of halogens is 2. The van der Waals surface area contributed by atoms with E-state index >= 15 is 0 Å². The molecule has 2 aliphatic heterocycles. The lowest BCUT2D eigenvalue weighted by Gasteiger charge is -2.32. The van der Waals surface area contributed by atoms with E-state index in [1.54, 1.807) is 4.90 Å². The third-order valence-corrected chi connectivity index (χ3v) is 6.73. The molecule has 2 aliphatic rings. The highest BCUT2D eigenvalue weighted by Crippen LogP contribution is 2.32. The van der Waals surface area contributed by atoms with Crippen LogP contribution in [0.4, 0.5) is 14.7 Å². The van der Waals surface area contributed by atoms with E-state index in [9.17, 15) is 13.6 Å². The van der Waals surface area contributed by atoms with Crippen LogP contribution in [0.1, 0.15) is 24.8 Å². The molecular formula is C27H35F2N7O5. The van der Waals surface area contributed by atoms with E-state index in [0.29, 0.717) is 25.5 Å². The van der Waals surface area contributed by atoms with Gasteiger partial charge in [-0.25, -0.2) is 18.7 Å². The van der Waals surface area contributed by atoms with Crippen molar-refractivity contribution in [3.63, 3.8) is 0 Å². The maximum absolute atomic E-state index is 14.6. The molecule has 1 amide bonds. The minimum atomic E-state index is -0.899. The van der Waals surface area contributed by atoms with Crippen LogP contribution in [-0.4, -0.2) is 91.7 Å². The molecule has 0 radical (unpaired) electrons. The summed E-state index contributed by atoms with van der Waals surface area (Å²) in [5.74, 6) is -1.90. The Hall–Kier alpha value is -4.04. The normalized spacial score (nSPS) is 18.0. The summed E-state index contributed by atoms with van der Waals surface area (Å²) in [6.07, 6.45) is 6.45. The predicted molar refractivity (Wildman–Crippen MR) is 146 cm³/mol. The zero-order valence-electron chi connectivity index (χ0n) is 23.3. The lowest BCUT2D eigenvalue weighted by atomic mass is 10.1. The van der Waals surface area contributed by atoms with Gasteiger partial charge in [-0.3, -0.25) is 10.2 Å². The first kappa shape index (κ1) is 29.9. The fraction of sp³-hybridized carbons (Fsp3) is 0.481. The van der Waals surface area contributed by atoms with Gasteiger partial charge in [0.1, 0.15) is 24.4 Å². The molecule has 0 saturated carbocycles. The van der Waals surface area contributed by atoms with Crippen LogP contribution in [0.3, 0.4) is 0 Å². The third kappa shape index (κ3) is 7.79. The lowest BCUT2D eigenvalue weighted by molar-refractivity contribution is -0.125. The summed E-state index contributed by atoms with van der Waals surface area (Å²) in [7, 11) is 4.52. The summed E-state index contributed by atoms with van der Waals surface area (Å²) in [5.41, 5.74) is -0.563. The van der Waals surface area contributed by atoms with Crippen LogP contribution in [0.5, 0.6) is 17.2 Å². The molecule has 0 bridgehead atoms. The van der Waals surface area contributed by atoms with Crippen LogP contribution in [-0.2, 0) is 16.1 Å². The minimum Gasteiger partial charge on any atom is -0.494 e. The maximum atomic E-state index is 14.6. The molecule has 1 aromatic carbocycles. The second-order valence-corrected chi connectivity index (χ2v) is 9.61. The van der Waals surface area contributed by atoms with Gasteiger partial charge in [0, 0.05) is 44.9 Å². The highest BCUT2D eigenvalue weighted by atomic mass is 19.1. The van der Waals surface area contributed by atoms with Gasteiger partial charge in [-0.1, -0.05) is 0 Å². The number of carbonyl (C=O) groups is 1. The first-order chi connectivity index (χ1) is 19.8. The summed E-state index contributed by atoms with van der Waals surface area (Å²) in [4.78, 5) is 25.1. The Kier molecular flexibility index (Phi) is 10.2. The fourth-order valence-electron chi connectivity index (χ4n) is 4.32. The van der Waals surface area contributed by atoms with E-state index in [0.717, 1.165) is 38.4 Å². The van der Waals surface area contributed by atoms with Gasteiger partial charge in [0.2, 0.25) is 5.95 Å². The number of rotatable bonds is 11. The molecule has 14 heteroatoms. The van der Waals surface area contributed by atoms with Gasteiger partial charge in [0.15, 0.2) is 28.9 Å². The minimum absolute atomic E-state index is 0.146. The smallest absolute Gasteiger partial charge is 0.271 e. The van der Waals surface area contributed by atoms with E-state index in [-0.39, 0.29) is 46.6 Å². The average Bonchev–Trinajstić information content (AvgIpc) is 2.98. The highest BCUT2D eigenvalue weighted by Gasteiger charge is 2.23. The van der Waals surface area contributed by atoms with Crippen molar-refractivity contribution in [1.29, 1.82) is 5.41 Å². The quantitative estimate of drug-likeness (QED) is 0.343. The van der Waals surface area contributed by atoms with Crippen molar-refractivity contribution in [3.8, 4) is 17.2 Å². The largest absolute Gasteiger partial charge is 0.494 e. The average molecular weight is 576 g/mol. The second-order valence-electron chi connectivity index (χ2n) is 9.61. The lowest BCUT2D eigenvalue weighted by Crippen LogP contribution is -2.49. The molecule has 3 heterocycles. The molecule has 0 spiro atoms. The number of piperazine rings is 1. The molecule has 1 unspecified atom stereocenters. The Labute approximate surface area is 237 Å².